The van der Waals surface area contributed by atoms with E-state index in [9.17, 15) is 14.7 Å². The molecule has 0 aromatic rings. The predicted molar refractivity (Wildman–Crippen MR) is 164 cm³/mol. The van der Waals surface area contributed by atoms with Crippen LogP contribution in [-0.2, 0) is 19.1 Å². The van der Waals surface area contributed by atoms with Gasteiger partial charge in [-0.3, -0.25) is 9.59 Å². The van der Waals surface area contributed by atoms with Crippen molar-refractivity contribution in [3.05, 3.63) is 0 Å². The van der Waals surface area contributed by atoms with Gasteiger partial charge in [0.15, 0.2) is 0 Å². The Morgan fingerprint density at radius 3 is 1.03 bits per heavy atom. The molecule has 0 aliphatic rings. The van der Waals surface area contributed by atoms with Gasteiger partial charge in [0.2, 0.25) is 0 Å². The highest BCUT2D eigenvalue weighted by atomic mass is 16.5. The average Bonchev–Trinajstić information content (AvgIpc) is 2.95. The summed E-state index contributed by atoms with van der Waals surface area (Å²) in [6.07, 6.45) is 28.8. The zero-order chi connectivity index (χ0) is 28.9. The molecule has 0 bridgehead atoms. The minimum Gasteiger partial charge on any atom is -0.465 e. The minimum absolute atomic E-state index is 0.0998. The van der Waals surface area contributed by atoms with E-state index in [1.165, 1.54) is 116 Å². The van der Waals surface area contributed by atoms with E-state index in [2.05, 4.69) is 13.8 Å². The van der Waals surface area contributed by atoms with Crippen molar-refractivity contribution in [3.63, 3.8) is 0 Å². The maximum atomic E-state index is 12.2. The second-order valence-electron chi connectivity index (χ2n) is 11.9. The van der Waals surface area contributed by atoms with Gasteiger partial charge in [0.25, 0.3) is 0 Å². The Morgan fingerprint density at radius 1 is 0.487 bits per heavy atom. The molecule has 0 atom stereocenters. The fraction of sp³-hybridized carbons (Fsp3) is 0.941. The van der Waals surface area contributed by atoms with E-state index in [-0.39, 0.29) is 31.8 Å². The van der Waals surface area contributed by atoms with Crippen molar-refractivity contribution >= 4 is 11.9 Å². The van der Waals surface area contributed by atoms with Crippen LogP contribution < -0.4 is 0 Å². The van der Waals surface area contributed by atoms with Gasteiger partial charge >= 0.3 is 11.9 Å². The van der Waals surface area contributed by atoms with Crippen molar-refractivity contribution in [2.24, 2.45) is 5.41 Å². The molecular formula is C34H66O5. The van der Waals surface area contributed by atoms with Gasteiger partial charge in [-0.25, -0.2) is 0 Å². The summed E-state index contributed by atoms with van der Waals surface area (Å²) in [5.41, 5.74) is -0.709. The lowest BCUT2D eigenvalue weighted by molar-refractivity contribution is -0.156. The highest BCUT2D eigenvalue weighted by Gasteiger charge is 2.31. The Bertz CT molecular complexity index is 500. The molecule has 0 amide bonds. The molecular weight excluding hydrogens is 488 g/mol. The molecule has 232 valence electrons. The number of esters is 2. The van der Waals surface area contributed by atoms with Crippen molar-refractivity contribution in [1.29, 1.82) is 0 Å². The molecule has 1 N–H and O–H groups in total. The molecule has 0 fully saturated rings. The largest absolute Gasteiger partial charge is 0.465 e. The van der Waals surface area contributed by atoms with Gasteiger partial charge in [-0.15, -0.1) is 0 Å². The Hall–Kier alpha value is -1.10. The SMILES string of the molecule is CCCCCCCCCCCCCC(=O)OCC(CC)(CO)COC(=O)CCCCCCCCCCCCC. The van der Waals surface area contributed by atoms with E-state index < -0.39 is 5.41 Å². The van der Waals surface area contributed by atoms with Crippen molar-refractivity contribution in [3.8, 4) is 0 Å². The summed E-state index contributed by atoms with van der Waals surface area (Å²) in [6.45, 7) is 6.47. The molecule has 0 aromatic carbocycles. The van der Waals surface area contributed by atoms with Crippen molar-refractivity contribution in [1.82, 2.24) is 0 Å². The van der Waals surface area contributed by atoms with Gasteiger partial charge < -0.3 is 14.6 Å². The number of carbonyl (C=O) groups is 2. The Morgan fingerprint density at radius 2 is 0.769 bits per heavy atom. The lowest BCUT2D eigenvalue weighted by Gasteiger charge is -2.29. The van der Waals surface area contributed by atoms with Crippen LogP contribution in [0.1, 0.15) is 181 Å². The van der Waals surface area contributed by atoms with Crippen molar-refractivity contribution in [2.45, 2.75) is 181 Å². The third-order valence-electron chi connectivity index (χ3n) is 8.13. The van der Waals surface area contributed by atoms with Crippen LogP contribution in [0.3, 0.4) is 0 Å². The number of hydrogen-bond acceptors (Lipinski definition) is 5. The first kappa shape index (κ1) is 37.9. The number of hydrogen-bond donors (Lipinski definition) is 1. The number of unbranched alkanes of at least 4 members (excludes halogenated alkanes) is 20. The fourth-order valence-electron chi connectivity index (χ4n) is 4.93. The van der Waals surface area contributed by atoms with Crippen molar-refractivity contribution < 1.29 is 24.2 Å². The molecule has 0 radical (unpaired) electrons. The third-order valence-corrected chi connectivity index (χ3v) is 8.13. The maximum Gasteiger partial charge on any atom is 0.305 e. The molecule has 0 unspecified atom stereocenters. The van der Waals surface area contributed by atoms with Crippen LogP contribution in [0.2, 0.25) is 0 Å². The Balaban J connectivity index is 3.84. The first-order valence-electron chi connectivity index (χ1n) is 17.0. The number of carbonyl (C=O) groups excluding carboxylic acids is 2. The summed E-state index contributed by atoms with van der Waals surface area (Å²) in [5, 5.41) is 9.97. The maximum absolute atomic E-state index is 12.2. The summed E-state index contributed by atoms with van der Waals surface area (Å²) >= 11 is 0. The van der Waals surface area contributed by atoms with Crippen LogP contribution in [0, 0.1) is 5.41 Å². The van der Waals surface area contributed by atoms with E-state index in [0.29, 0.717) is 19.3 Å². The number of ether oxygens (including phenoxy) is 2. The van der Waals surface area contributed by atoms with Crippen LogP contribution >= 0.6 is 0 Å². The smallest absolute Gasteiger partial charge is 0.305 e. The van der Waals surface area contributed by atoms with Crippen LogP contribution in [0.25, 0.3) is 0 Å². The van der Waals surface area contributed by atoms with Gasteiger partial charge in [-0.05, 0) is 19.3 Å². The molecule has 0 heterocycles. The standard InChI is InChI=1S/C34H66O5/c1-4-7-9-11-13-15-17-19-21-23-25-27-32(36)38-30-34(6-3,29-35)31-39-33(37)28-26-24-22-20-18-16-14-12-10-8-5-2/h35H,4-31H2,1-3H3. The highest BCUT2D eigenvalue weighted by molar-refractivity contribution is 5.69. The predicted octanol–water partition coefficient (Wildman–Crippen LogP) is 9.86. The molecule has 39 heavy (non-hydrogen) atoms. The quantitative estimate of drug-likeness (QED) is 0.0706. The highest BCUT2D eigenvalue weighted by Crippen LogP contribution is 2.23. The topological polar surface area (TPSA) is 72.8 Å². The second-order valence-corrected chi connectivity index (χ2v) is 11.9. The van der Waals surface area contributed by atoms with E-state index in [0.717, 1.165) is 25.7 Å². The number of aliphatic hydroxyl groups excluding tert-OH is 1. The van der Waals surface area contributed by atoms with Gasteiger partial charge in [-0.1, -0.05) is 149 Å². The minimum atomic E-state index is -0.709. The summed E-state index contributed by atoms with van der Waals surface area (Å²) in [4.78, 5) is 24.5. The fourth-order valence-corrected chi connectivity index (χ4v) is 4.93. The number of aliphatic hydroxyl groups is 1. The van der Waals surface area contributed by atoms with E-state index in [4.69, 9.17) is 9.47 Å². The molecule has 5 nitrogen and oxygen atoms in total. The first-order valence-corrected chi connectivity index (χ1v) is 17.0. The third kappa shape index (κ3) is 24.4. The summed E-state index contributed by atoms with van der Waals surface area (Å²) in [5.74, 6) is -0.436. The average molecular weight is 555 g/mol. The summed E-state index contributed by atoms with van der Waals surface area (Å²) in [7, 11) is 0. The van der Waals surface area contributed by atoms with Gasteiger partial charge in [0.1, 0.15) is 13.2 Å². The van der Waals surface area contributed by atoms with Gasteiger partial charge in [-0.2, -0.15) is 0 Å². The van der Waals surface area contributed by atoms with E-state index in [1.54, 1.807) is 0 Å². The van der Waals surface area contributed by atoms with Crippen LogP contribution in [-0.4, -0.2) is 36.9 Å². The van der Waals surface area contributed by atoms with Gasteiger partial charge in [0.05, 0.1) is 12.0 Å². The Labute approximate surface area is 242 Å². The second kappa shape index (κ2) is 28.4. The molecule has 0 saturated heterocycles. The van der Waals surface area contributed by atoms with E-state index >= 15 is 0 Å². The van der Waals surface area contributed by atoms with Crippen molar-refractivity contribution in [2.75, 3.05) is 19.8 Å². The molecule has 0 aliphatic heterocycles. The monoisotopic (exact) mass is 554 g/mol. The normalized spacial score (nSPS) is 11.6. The lowest BCUT2D eigenvalue weighted by atomic mass is 9.88. The molecule has 0 spiro atoms. The lowest BCUT2D eigenvalue weighted by Crippen LogP contribution is -2.37. The summed E-state index contributed by atoms with van der Waals surface area (Å²) in [6, 6.07) is 0. The zero-order valence-corrected chi connectivity index (χ0v) is 26.4. The Kier molecular flexibility index (Phi) is 27.6. The summed E-state index contributed by atoms with van der Waals surface area (Å²) < 4.78 is 11.0. The zero-order valence-electron chi connectivity index (χ0n) is 26.4. The van der Waals surface area contributed by atoms with Gasteiger partial charge in [0, 0.05) is 12.8 Å². The molecule has 0 rings (SSSR count). The first-order chi connectivity index (χ1) is 19.0. The molecule has 0 aliphatic carbocycles. The van der Waals surface area contributed by atoms with E-state index in [1.807, 2.05) is 6.92 Å². The van der Waals surface area contributed by atoms with Crippen LogP contribution in [0.5, 0.6) is 0 Å². The number of rotatable bonds is 30. The van der Waals surface area contributed by atoms with Crippen LogP contribution in [0.15, 0.2) is 0 Å². The van der Waals surface area contributed by atoms with Crippen LogP contribution in [0.4, 0.5) is 0 Å². The molecule has 0 aromatic heterocycles. The molecule has 5 heteroatoms. The molecule has 0 saturated carbocycles.